The SMILES string of the molecule is O=C(/N=C1\C2CCCCC2NC(=O)N1Cc1cccs1)Nc1c(F)cccc1F. The third-order valence-electron chi connectivity index (χ3n) is 5.23. The number of nitrogens with zero attached hydrogens (tertiary/aromatic N) is 2. The number of fused-ring (bicyclic) bond motifs is 1. The van der Waals surface area contributed by atoms with E-state index in [0.29, 0.717) is 5.84 Å². The number of hydrogen-bond acceptors (Lipinski definition) is 3. The number of nitrogens with one attached hydrogen (secondary N) is 2. The van der Waals surface area contributed by atoms with Crippen molar-refractivity contribution in [3.8, 4) is 0 Å². The molecule has 1 saturated carbocycles. The molecule has 4 rings (SSSR count). The number of aliphatic imine (C=N–C) groups is 1. The molecule has 0 spiro atoms. The third kappa shape index (κ3) is 4.14. The van der Waals surface area contributed by atoms with Crippen LogP contribution in [-0.4, -0.2) is 28.8 Å². The van der Waals surface area contributed by atoms with Crippen molar-refractivity contribution in [3.05, 3.63) is 52.2 Å². The molecule has 1 aliphatic heterocycles. The summed E-state index contributed by atoms with van der Waals surface area (Å²) in [7, 11) is 0. The van der Waals surface area contributed by atoms with E-state index in [9.17, 15) is 18.4 Å². The van der Waals surface area contributed by atoms with Gasteiger partial charge in [-0.2, -0.15) is 4.99 Å². The molecule has 1 saturated heterocycles. The van der Waals surface area contributed by atoms with Crippen molar-refractivity contribution in [2.45, 2.75) is 38.3 Å². The number of urea groups is 2. The van der Waals surface area contributed by atoms with Crippen molar-refractivity contribution in [3.63, 3.8) is 0 Å². The number of carbonyl (C=O) groups excluding carboxylic acids is 2. The molecule has 152 valence electrons. The summed E-state index contributed by atoms with van der Waals surface area (Å²) in [4.78, 5) is 31.8. The Hall–Kier alpha value is -2.81. The Bertz CT molecular complexity index is 928. The molecule has 1 aromatic carbocycles. The second kappa shape index (κ2) is 8.28. The molecule has 1 aromatic heterocycles. The summed E-state index contributed by atoms with van der Waals surface area (Å²) in [6, 6.07) is 5.80. The van der Waals surface area contributed by atoms with E-state index in [1.54, 1.807) is 0 Å². The molecule has 29 heavy (non-hydrogen) atoms. The molecule has 2 aliphatic rings. The fraction of sp³-hybridized carbons (Fsp3) is 0.350. The molecule has 1 aliphatic carbocycles. The molecule has 0 radical (unpaired) electrons. The average Bonchev–Trinajstić information content (AvgIpc) is 3.21. The minimum Gasteiger partial charge on any atom is -0.334 e. The Labute approximate surface area is 170 Å². The zero-order valence-corrected chi connectivity index (χ0v) is 16.3. The average molecular weight is 418 g/mol. The maximum atomic E-state index is 13.9. The number of rotatable bonds is 3. The maximum absolute atomic E-state index is 13.9. The summed E-state index contributed by atoms with van der Waals surface area (Å²) >= 11 is 1.50. The van der Waals surface area contributed by atoms with Gasteiger partial charge in [-0.15, -0.1) is 11.3 Å². The lowest BCUT2D eigenvalue weighted by molar-refractivity contribution is 0.188. The number of anilines is 1. The molecule has 2 N–H and O–H groups in total. The zero-order valence-electron chi connectivity index (χ0n) is 15.5. The third-order valence-corrected chi connectivity index (χ3v) is 6.09. The summed E-state index contributed by atoms with van der Waals surface area (Å²) in [5.41, 5.74) is -0.549. The molecular weight excluding hydrogens is 398 g/mol. The van der Waals surface area contributed by atoms with Crippen LogP contribution in [0.15, 0.2) is 40.7 Å². The van der Waals surface area contributed by atoms with Gasteiger partial charge in [0.05, 0.1) is 6.54 Å². The van der Waals surface area contributed by atoms with E-state index in [2.05, 4.69) is 15.6 Å². The largest absolute Gasteiger partial charge is 0.347 e. The monoisotopic (exact) mass is 418 g/mol. The van der Waals surface area contributed by atoms with Crippen LogP contribution in [0, 0.1) is 17.6 Å². The van der Waals surface area contributed by atoms with Gasteiger partial charge in [-0.25, -0.2) is 18.4 Å². The summed E-state index contributed by atoms with van der Waals surface area (Å²) in [6.07, 6.45) is 3.55. The van der Waals surface area contributed by atoms with Crippen LogP contribution in [-0.2, 0) is 6.54 Å². The number of amidine groups is 1. The van der Waals surface area contributed by atoms with Crippen molar-refractivity contribution in [1.82, 2.24) is 10.2 Å². The van der Waals surface area contributed by atoms with Gasteiger partial charge < -0.3 is 10.6 Å². The van der Waals surface area contributed by atoms with Crippen LogP contribution in [0.2, 0.25) is 0 Å². The van der Waals surface area contributed by atoms with Crippen molar-refractivity contribution >= 4 is 34.9 Å². The minimum atomic E-state index is -0.904. The van der Waals surface area contributed by atoms with Gasteiger partial charge in [-0.1, -0.05) is 25.0 Å². The molecule has 4 amide bonds. The first-order chi connectivity index (χ1) is 14.0. The maximum Gasteiger partial charge on any atom is 0.347 e. The number of thiophene rings is 1. The van der Waals surface area contributed by atoms with E-state index in [4.69, 9.17) is 0 Å². The van der Waals surface area contributed by atoms with E-state index in [0.717, 1.165) is 42.7 Å². The van der Waals surface area contributed by atoms with Crippen LogP contribution in [0.5, 0.6) is 0 Å². The van der Waals surface area contributed by atoms with Crippen LogP contribution < -0.4 is 10.6 Å². The Balaban J connectivity index is 1.64. The topological polar surface area (TPSA) is 73.8 Å². The lowest BCUT2D eigenvalue weighted by Crippen LogP contribution is -2.60. The van der Waals surface area contributed by atoms with Gasteiger partial charge in [0.2, 0.25) is 0 Å². The van der Waals surface area contributed by atoms with Gasteiger partial charge in [0.1, 0.15) is 23.2 Å². The van der Waals surface area contributed by atoms with Gasteiger partial charge >= 0.3 is 12.1 Å². The van der Waals surface area contributed by atoms with Crippen LogP contribution in [0.3, 0.4) is 0 Å². The number of hydrogen-bond donors (Lipinski definition) is 2. The van der Waals surface area contributed by atoms with Crippen molar-refractivity contribution in [2.75, 3.05) is 5.32 Å². The first-order valence-corrected chi connectivity index (χ1v) is 10.3. The predicted octanol–water partition coefficient (Wildman–Crippen LogP) is 4.74. The van der Waals surface area contributed by atoms with E-state index < -0.39 is 23.4 Å². The summed E-state index contributed by atoms with van der Waals surface area (Å²) in [6.45, 7) is 0.285. The Kier molecular flexibility index (Phi) is 5.57. The Morgan fingerprint density at radius 3 is 2.69 bits per heavy atom. The van der Waals surface area contributed by atoms with Gasteiger partial charge in [-0.05, 0) is 36.4 Å². The van der Waals surface area contributed by atoms with Gasteiger partial charge in [-0.3, -0.25) is 4.90 Å². The van der Waals surface area contributed by atoms with Crippen molar-refractivity contribution in [2.24, 2.45) is 10.9 Å². The Morgan fingerprint density at radius 1 is 1.21 bits per heavy atom. The van der Waals surface area contributed by atoms with Gasteiger partial charge in [0.15, 0.2) is 0 Å². The lowest BCUT2D eigenvalue weighted by Gasteiger charge is -2.42. The number of para-hydroxylation sites is 1. The molecule has 9 heteroatoms. The van der Waals surface area contributed by atoms with Crippen molar-refractivity contribution < 1.29 is 18.4 Å². The van der Waals surface area contributed by atoms with Crippen LogP contribution >= 0.6 is 11.3 Å². The summed E-state index contributed by atoms with van der Waals surface area (Å²) in [5, 5.41) is 7.10. The second-order valence-corrected chi connectivity index (χ2v) is 8.14. The molecule has 2 fully saturated rings. The highest BCUT2D eigenvalue weighted by atomic mass is 32.1. The highest BCUT2D eigenvalue weighted by Gasteiger charge is 2.41. The molecule has 2 atom stereocenters. The predicted molar refractivity (Wildman–Crippen MR) is 107 cm³/mol. The van der Waals surface area contributed by atoms with Crippen LogP contribution in [0.25, 0.3) is 0 Å². The fourth-order valence-electron chi connectivity index (χ4n) is 3.86. The first kappa shape index (κ1) is 19.5. The molecule has 2 heterocycles. The summed E-state index contributed by atoms with van der Waals surface area (Å²) < 4.78 is 27.7. The number of halogens is 2. The van der Waals surface area contributed by atoms with Gasteiger partial charge in [0, 0.05) is 16.8 Å². The normalized spacial score (nSPS) is 22.9. The Morgan fingerprint density at radius 2 is 1.97 bits per heavy atom. The van der Waals surface area contributed by atoms with E-state index in [1.165, 1.54) is 22.3 Å². The number of benzene rings is 1. The molecule has 2 unspecified atom stereocenters. The van der Waals surface area contributed by atoms with Crippen LogP contribution in [0.1, 0.15) is 30.6 Å². The minimum absolute atomic E-state index is 0.0902. The van der Waals surface area contributed by atoms with E-state index >= 15 is 0 Å². The van der Waals surface area contributed by atoms with Crippen LogP contribution in [0.4, 0.5) is 24.1 Å². The molecule has 6 nitrogen and oxygen atoms in total. The highest BCUT2D eigenvalue weighted by molar-refractivity contribution is 7.09. The zero-order chi connectivity index (χ0) is 20.4. The smallest absolute Gasteiger partial charge is 0.334 e. The highest BCUT2D eigenvalue weighted by Crippen LogP contribution is 2.31. The molecule has 2 aromatic rings. The first-order valence-electron chi connectivity index (χ1n) is 9.47. The van der Waals surface area contributed by atoms with Gasteiger partial charge in [0.25, 0.3) is 0 Å². The number of carbonyl (C=O) groups is 2. The quantitative estimate of drug-likeness (QED) is 0.756. The standard InChI is InChI=1S/C20H20F2N4O2S/c21-14-7-3-8-15(22)17(14)24-19(27)25-18-13-6-1-2-9-16(13)23-20(28)26(18)11-12-5-4-10-29-12/h3-5,7-8,10,13,16H,1-2,6,9,11H2,(H,23,28)(H,24,27)/b25-18+. The summed E-state index contributed by atoms with van der Waals surface area (Å²) in [5.74, 6) is -1.53. The van der Waals surface area contributed by atoms with E-state index in [1.807, 2.05) is 17.5 Å². The fourth-order valence-corrected chi connectivity index (χ4v) is 4.56. The van der Waals surface area contributed by atoms with E-state index in [-0.39, 0.29) is 24.5 Å². The molecular formula is C20H20F2N4O2S. The molecule has 0 bridgehead atoms. The number of amides is 4. The van der Waals surface area contributed by atoms with Crippen molar-refractivity contribution in [1.29, 1.82) is 0 Å². The second-order valence-electron chi connectivity index (χ2n) is 7.11. The lowest BCUT2D eigenvalue weighted by atomic mass is 9.82.